The van der Waals surface area contributed by atoms with Crippen molar-refractivity contribution in [3.05, 3.63) is 206 Å². The quantitative estimate of drug-likeness (QED) is 0.173. The summed E-state index contributed by atoms with van der Waals surface area (Å²) < 4.78 is 11.5. The molecule has 3 heterocycles. The predicted molar refractivity (Wildman–Crippen MR) is 239 cm³/mol. The lowest BCUT2D eigenvalue weighted by atomic mass is 9.91. The van der Waals surface area contributed by atoms with Crippen molar-refractivity contribution in [2.75, 3.05) is 0 Å². The Morgan fingerprint density at radius 2 is 1.05 bits per heavy atom. The van der Waals surface area contributed by atoms with E-state index in [1.807, 2.05) is 0 Å². The Bertz CT molecular complexity index is 3430. The molecule has 0 saturated heterocycles. The molecular weight excluding hydrogens is 693 g/mol. The van der Waals surface area contributed by atoms with Gasteiger partial charge in [-0.15, -0.1) is 0 Å². The number of nitrogens with zero attached hydrogens (tertiary/aromatic N) is 2. The summed E-state index contributed by atoms with van der Waals surface area (Å²) in [7, 11) is 0. The van der Waals surface area contributed by atoms with Gasteiger partial charge >= 0.3 is 0 Å². The molecule has 3 heteroatoms. The molecule has 0 spiro atoms. The highest BCUT2D eigenvalue weighted by molar-refractivity contribution is 6.15. The first-order valence-corrected chi connectivity index (χ1v) is 19.8. The number of para-hydroxylation sites is 3. The number of rotatable bonds is 5. The molecule has 0 amide bonds. The zero-order valence-corrected chi connectivity index (χ0v) is 31.1. The monoisotopic (exact) mass is 728 g/mol. The average molecular weight is 729 g/mol. The third-order valence-electron chi connectivity index (χ3n) is 12.0. The number of furan rings is 1. The molecule has 0 radical (unpaired) electrons. The van der Waals surface area contributed by atoms with Crippen LogP contribution in [0.2, 0.25) is 0 Å². The lowest BCUT2D eigenvalue weighted by Gasteiger charge is -2.17. The maximum Gasteiger partial charge on any atom is 0.137 e. The Hall–Kier alpha value is -7.36. The molecule has 1 aliphatic carbocycles. The molecule has 0 N–H and O–H groups in total. The fourth-order valence-electron chi connectivity index (χ4n) is 9.35. The molecule has 0 saturated carbocycles. The zero-order chi connectivity index (χ0) is 37.5. The third kappa shape index (κ3) is 4.99. The van der Waals surface area contributed by atoms with Crippen LogP contribution in [0.25, 0.3) is 99.2 Å². The number of fused-ring (bicyclic) bond motifs is 9. The maximum absolute atomic E-state index is 6.59. The van der Waals surface area contributed by atoms with Gasteiger partial charge < -0.3 is 13.6 Å². The molecule has 3 aromatic heterocycles. The molecule has 11 aromatic rings. The van der Waals surface area contributed by atoms with Crippen molar-refractivity contribution in [3.63, 3.8) is 0 Å². The lowest BCUT2D eigenvalue weighted by Crippen LogP contribution is -2.01. The molecule has 57 heavy (non-hydrogen) atoms. The van der Waals surface area contributed by atoms with Gasteiger partial charge in [0, 0.05) is 38.5 Å². The molecular formula is C54H36N2O. The molecule has 1 atom stereocenters. The predicted octanol–water partition coefficient (Wildman–Crippen LogP) is 14.7. The Labute approximate surface area is 329 Å². The topological polar surface area (TPSA) is 23.0 Å². The van der Waals surface area contributed by atoms with E-state index in [9.17, 15) is 0 Å². The summed E-state index contributed by atoms with van der Waals surface area (Å²) in [6.45, 7) is 0. The highest BCUT2D eigenvalue weighted by Crippen LogP contribution is 2.43. The number of hydrogen-bond donors (Lipinski definition) is 0. The summed E-state index contributed by atoms with van der Waals surface area (Å²) >= 11 is 0. The fraction of sp³-hybridized carbons (Fsp3) is 0.0370. The van der Waals surface area contributed by atoms with Crippen LogP contribution in [0, 0.1) is 0 Å². The van der Waals surface area contributed by atoms with Gasteiger partial charge in [0.25, 0.3) is 0 Å². The number of allylic oxidation sites excluding steroid dienone is 4. The van der Waals surface area contributed by atoms with Crippen LogP contribution >= 0.6 is 0 Å². The number of benzene rings is 8. The number of hydrogen-bond acceptors (Lipinski definition) is 1. The molecule has 0 aliphatic heterocycles. The van der Waals surface area contributed by atoms with Crippen molar-refractivity contribution in [1.82, 2.24) is 9.13 Å². The van der Waals surface area contributed by atoms with Gasteiger partial charge in [0.1, 0.15) is 11.2 Å². The van der Waals surface area contributed by atoms with Crippen LogP contribution in [0.4, 0.5) is 0 Å². The van der Waals surface area contributed by atoms with Gasteiger partial charge in [0.15, 0.2) is 0 Å². The molecule has 268 valence electrons. The van der Waals surface area contributed by atoms with Gasteiger partial charge in [-0.05, 0) is 94.9 Å². The van der Waals surface area contributed by atoms with E-state index in [-0.39, 0.29) is 0 Å². The van der Waals surface area contributed by atoms with Crippen molar-refractivity contribution >= 4 is 65.6 Å². The molecule has 1 unspecified atom stereocenters. The van der Waals surface area contributed by atoms with Gasteiger partial charge in [-0.1, -0.05) is 140 Å². The normalized spacial score (nSPS) is 14.3. The second-order valence-corrected chi connectivity index (χ2v) is 15.2. The van der Waals surface area contributed by atoms with E-state index in [1.165, 1.54) is 71.4 Å². The number of aromatic nitrogens is 2. The summed E-state index contributed by atoms with van der Waals surface area (Å²) in [4.78, 5) is 0. The largest absolute Gasteiger partial charge is 0.456 e. The molecule has 0 bridgehead atoms. The molecule has 8 aromatic carbocycles. The summed E-state index contributed by atoms with van der Waals surface area (Å²) in [5, 5.41) is 7.24. The lowest BCUT2D eigenvalue weighted by molar-refractivity contribution is 0.667. The zero-order valence-electron chi connectivity index (χ0n) is 31.1. The first-order valence-electron chi connectivity index (χ1n) is 19.8. The Balaban J connectivity index is 1.05. The minimum Gasteiger partial charge on any atom is -0.456 e. The minimum absolute atomic E-state index is 0.290. The Kier molecular flexibility index (Phi) is 7.05. The van der Waals surface area contributed by atoms with Gasteiger partial charge in [-0.3, -0.25) is 0 Å². The Morgan fingerprint density at radius 3 is 1.86 bits per heavy atom. The standard InChI is InChI=1S/C54H36N2O/c1-3-13-35(14-4-1)37-23-27-41(28-24-37)55-47-20-10-7-17-42(47)44-29-25-39(32-50(44)55)38-26-30-49-46(31-38)43-18-8-11-21-48(43)56(49)51-33-40(36-15-5-2-6-16-36)34-53-54(51)45-19-9-12-22-52(45)57-53/h1-15,17-34,36H,16H2. The second kappa shape index (κ2) is 12.6. The maximum atomic E-state index is 6.59. The minimum atomic E-state index is 0.290. The van der Waals surface area contributed by atoms with Crippen molar-refractivity contribution in [1.29, 1.82) is 0 Å². The van der Waals surface area contributed by atoms with Crippen LogP contribution < -0.4 is 0 Å². The van der Waals surface area contributed by atoms with Crippen LogP contribution in [-0.2, 0) is 0 Å². The molecule has 0 fully saturated rings. The van der Waals surface area contributed by atoms with Crippen molar-refractivity contribution in [3.8, 4) is 33.6 Å². The van der Waals surface area contributed by atoms with Crippen molar-refractivity contribution in [2.24, 2.45) is 0 Å². The smallest absolute Gasteiger partial charge is 0.137 e. The summed E-state index contributed by atoms with van der Waals surface area (Å²) in [6, 6.07) is 64.2. The van der Waals surface area contributed by atoms with Crippen LogP contribution in [0.15, 0.2) is 205 Å². The highest BCUT2D eigenvalue weighted by atomic mass is 16.3. The average Bonchev–Trinajstić information content (AvgIpc) is 3.94. The highest BCUT2D eigenvalue weighted by Gasteiger charge is 2.22. The summed E-state index contributed by atoms with van der Waals surface area (Å²) in [6.07, 6.45) is 9.84. The van der Waals surface area contributed by atoms with E-state index in [1.54, 1.807) is 0 Å². The summed E-state index contributed by atoms with van der Waals surface area (Å²) in [5.74, 6) is 0.290. The van der Waals surface area contributed by atoms with E-state index in [0.717, 1.165) is 39.7 Å². The van der Waals surface area contributed by atoms with Gasteiger partial charge in [-0.2, -0.15) is 0 Å². The molecule has 12 rings (SSSR count). The second-order valence-electron chi connectivity index (χ2n) is 15.2. The molecule has 1 aliphatic rings. The first kappa shape index (κ1) is 31.9. The third-order valence-corrected chi connectivity index (χ3v) is 12.0. The van der Waals surface area contributed by atoms with Crippen LogP contribution in [0.1, 0.15) is 17.9 Å². The van der Waals surface area contributed by atoms with E-state index in [4.69, 9.17) is 4.42 Å². The van der Waals surface area contributed by atoms with E-state index in [2.05, 4.69) is 209 Å². The molecule has 3 nitrogen and oxygen atoms in total. The summed E-state index contributed by atoms with van der Waals surface area (Å²) in [5.41, 5.74) is 15.0. The van der Waals surface area contributed by atoms with Crippen molar-refractivity contribution < 1.29 is 4.42 Å². The van der Waals surface area contributed by atoms with E-state index >= 15 is 0 Å². The Morgan fingerprint density at radius 1 is 0.421 bits per heavy atom. The van der Waals surface area contributed by atoms with Gasteiger partial charge in [0.2, 0.25) is 0 Å². The van der Waals surface area contributed by atoms with E-state index < -0.39 is 0 Å². The van der Waals surface area contributed by atoms with Crippen LogP contribution in [-0.4, -0.2) is 9.13 Å². The van der Waals surface area contributed by atoms with Gasteiger partial charge in [-0.25, -0.2) is 0 Å². The first-order chi connectivity index (χ1) is 28.3. The fourth-order valence-corrected chi connectivity index (χ4v) is 9.35. The van der Waals surface area contributed by atoms with Gasteiger partial charge in [0.05, 0.1) is 33.1 Å². The van der Waals surface area contributed by atoms with Crippen molar-refractivity contribution in [2.45, 2.75) is 12.3 Å². The van der Waals surface area contributed by atoms with Crippen LogP contribution in [0.5, 0.6) is 0 Å². The van der Waals surface area contributed by atoms with Crippen LogP contribution in [0.3, 0.4) is 0 Å². The SMILES string of the molecule is C1=CCC(c2cc(-n3c4ccccc4c4cc(-c5ccc6c7ccccc7n(-c7ccc(-c8ccccc8)cc7)c6c5)ccc43)c3c(c2)oc2ccccc23)C=C1. The van der Waals surface area contributed by atoms with E-state index in [0.29, 0.717) is 5.92 Å².